The number of aryl methyl sites for hydroxylation is 1. The first-order chi connectivity index (χ1) is 14.5. The molecule has 1 amide bonds. The molecule has 0 N–H and O–H groups in total. The van der Waals surface area contributed by atoms with Crippen molar-refractivity contribution in [2.24, 2.45) is 0 Å². The van der Waals surface area contributed by atoms with Gasteiger partial charge in [0.2, 0.25) is 15.9 Å². The van der Waals surface area contributed by atoms with Gasteiger partial charge >= 0.3 is 0 Å². The average Bonchev–Trinajstić information content (AvgIpc) is 2.78. The molecule has 1 fully saturated rings. The topological polar surface area (TPSA) is 60.9 Å². The second-order valence-corrected chi connectivity index (χ2v) is 9.53. The first kappa shape index (κ1) is 20.8. The van der Waals surface area contributed by atoms with E-state index in [0.29, 0.717) is 32.7 Å². The number of nitrogens with zero attached hydrogens (tertiary/aromatic N) is 3. The van der Waals surface area contributed by atoms with Crippen LogP contribution in [0.25, 0.3) is 6.08 Å². The Labute approximate surface area is 178 Å². The van der Waals surface area contributed by atoms with Gasteiger partial charge in [-0.05, 0) is 36.1 Å². The Morgan fingerprint density at radius 3 is 2.37 bits per heavy atom. The summed E-state index contributed by atoms with van der Waals surface area (Å²) in [4.78, 5) is 16.8. The first-order valence-electron chi connectivity index (χ1n) is 10.4. The summed E-state index contributed by atoms with van der Waals surface area (Å²) in [5, 5.41) is 1.27. The predicted octanol–water partition coefficient (Wildman–Crippen LogP) is 2.58. The number of benzene rings is 2. The number of fused-ring (bicyclic) bond motifs is 1. The van der Waals surface area contributed by atoms with Gasteiger partial charge in [0.1, 0.15) is 0 Å². The lowest BCUT2D eigenvalue weighted by Crippen LogP contribution is -2.51. The van der Waals surface area contributed by atoms with E-state index in [0.717, 1.165) is 30.6 Å². The Hall–Kier alpha value is -2.48. The molecule has 2 aromatic carbocycles. The Bertz CT molecular complexity index is 1010. The summed E-state index contributed by atoms with van der Waals surface area (Å²) in [5.74, 6) is 0.0856. The fourth-order valence-corrected chi connectivity index (χ4v) is 5.20. The molecule has 7 heteroatoms. The van der Waals surface area contributed by atoms with E-state index in [-0.39, 0.29) is 5.91 Å². The maximum absolute atomic E-state index is 12.9. The van der Waals surface area contributed by atoms with Gasteiger partial charge in [-0.3, -0.25) is 9.69 Å². The molecule has 4 rings (SSSR count). The number of piperazine rings is 1. The molecule has 0 spiro atoms. The molecule has 0 unspecified atom stereocenters. The first-order valence-corrected chi connectivity index (χ1v) is 11.9. The zero-order valence-electron chi connectivity index (χ0n) is 17.0. The third-order valence-corrected chi connectivity index (χ3v) is 7.26. The number of anilines is 1. The van der Waals surface area contributed by atoms with Crippen molar-refractivity contribution in [2.75, 3.05) is 44.2 Å². The summed E-state index contributed by atoms with van der Waals surface area (Å²) in [6, 6.07) is 17.5. The zero-order chi connectivity index (χ0) is 21.0. The van der Waals surface area contributed by atoms with E-state index in [2.05, 4.69) is 6.07 Å². The molecule has 158 valence electrons. The third kappa shape index (κ3) is 4.80. The standard InChI is InChI=1S/C23H27N3O3S/c27-23(26-13-6-10-21-9-4-5-11-22(21)26)19-24-14-16-25(17-15-24)30(28,29)18-12-20-7-2-1-3-8-20/h1-5,7-9,11-12,18H,6,10,13-17,19H2. The van der Waals surface area contributed by atoms with Crippen molar-refractivity contribution >= 4 is 27.7 Å². The minimum absolute atomic E-state index is 0.0856. The Balaban J connectivity index is 1.33. The highest BCUT2D eigenvalue weighted by molar-refractivity contribution is 7.92. The van der Waals surface area contributed by atoms with E-state index >= 15 is 0 Å². The summed E-state index contributed by atoms with van der Waals surface area (Å²) in [5.41, 5.74) is 3.09. The van der Waals surface area contributed by atoms with Crippen molar-refractivity contribution in [3.63, 3.8) is 0 Å². The van der Waals surface area contributed by atoms with Crippen LogP contribution in [-0.4, -0.2) is 62.8 Å². The summed E-state index contributed by atoms with van der Waals surface area (Å²) in [6.45, 7) is 2.96. The van der Waals surface area contributed by atoms with Gasteiger partial charge in [0.25, 0.3) is 0 Å². The minimum atomic E-state index is -3.46. The van der Waals surface area contributed by atoms with Gasteiger partial charge in [0, 0.05) is 43.8 Å². The van der Waals surface area contributed by atoms with Crippen LogP contribution in [0, 0.1) is 0 Å². The van der Waals surface area contributed by atoms with E-state index in [1.165, 1.54) is 15.3 Å². The average molecular weight is 426 g/mol. The number of rotatable bonds is 5. The molecule has 2 heterocycles. The van der Waals surface area contributed by atoms with E-state index in [1.54, 1.807) is 6.08 Å². The van der Waals surface area contributed by atoms with Crippen LogP contribution in [0.3, 0.4) is 0 Å². The van der Waals surface area contributed by atoms with Crippen molar-refractivity contribution in [1.82, 2.24) is 9.21 Å². The molecule has 2 aliphatic rings. The van der Waals surface area contributed by atoms with Gasteiger partial charge in [-0.25, -0.2) is 8.42 Å². The van der Waals surface area contributed by atoms with Crippen molar-refractivity contribution in [1.29, 1.82) is 0 Å². The monoisotopic (exact) mass is 425 g/mol. The second kappa shape index (κ2) is 9.12. The molecule has 30 heavy (non-hydrogen) atoms. The SMILES string of the molecule is O=C(CN1CCN(S(=O)(=O)C=Cc2ccccc2)CC1)N1CCCc2ccccc21. The van der Waals surface area contributed by atoms with Gasteiger partial charge in [0.05, 0.1) is 6.54 Å². The van der Waals surface area contributed by atoms with Gasteiger partial charge in [-0.15, -0.1) is 0 Å². The smallest absolute Gasteiger partial charge is 0.241 e. The number of hydrogen-bond acceptors (Lipinski definition) is 4. The van der Waals surface area contributed by atoms with Gasteiger partial charge in [-0.2, -0.15) is 4.31 Å². The van der Waals surface area contributed by atoms with Crippen LogP contribution in [0.1, 0.15) is 17.5 Å². The van der Waals surface area contributed by atoms with Gasteiger partial charge < -0.3 is 4.90 Å². The molecule has 0 aliphatic carbocycles. The quantitative estimate of drug-likeness (QED) is 0.739. The van der Waals surface area contributed by atoms with Crippen molar-refractivity contribution in [3.05, 3.63) is 71.1 Å². The molecule has 2 aliphatic heterocycles. The molecular formula is C23H27N3O3S. The van der Waals surface area contributed by atoms with Gasteiger partial charge in [-0.1, -0.05) is 48.5 Å². The molecule has 0 radical (unpaired) electrons. The largest absolute Gasteiger partial charge is 0.311 e. The number of para-hydroxylation sites is 1. The summed E-state index contributed by atoms with van der Waals surface area (Å²) < 4.78 is 26.7. The lowest BCUT2D eigenvalue weighted by Gasteiger charge is -2.35. The van der Waals surface area contributed by atoms with Crippen LogP contribution in [0.2, 0.25) is 0 Å². The van der Waals surface area contributed by atoms with E-state index in [1.807, 2.05) is 58.3 Å². The summed E-state index contributed by atoms with van der Waals surface area (Å²) in [7, 11) is -3.46. The van der Waals surface area contributed by atoms with Crippen LogP contribution >= 0.6 is 0 Å². The van der Waals surface area contributed by atoms with Crippen molar-refractivity contribution in [2.45, 2.75) is 12.8 Å². The van der Waals surface area contributed by atoms with Crippen LogP contribution in [-0.2, 0) is 21.2 Å². The van der Waals surface area contributed by atoms with Crippen LogP contribution in [0.4, 0.5) is 5.69 Å². The van der Waals surface area contributed by atoms with E-state index in [9.17, 15) is 13.2 Å². The van der Waals surface area contributed by atoms with Crippen LogP contribution in [0.5, 0.6) is 0 Å². The third-order valence-electron chi connectivity index (χ3n) is 5.69. The molecule has 1 saturated heterocycles. The normalized spacial score (nSPS) is 18.5. The molecule has 6 nitrogen and oxygen atoms in total. The molecule has 0 aromatic heterocycles. The lowest BCUT2D eigenvalue weighted by atomic mass is 10.0. The van der Waals surface area contributed by atoms with E-state index < -0.39 is 10.0 Å². The highest BCUT2D eigenvalue weighted by atomic mass is 32.2. The second-order valence-electron chi connectivity index (χ2n) is 7.71. The Morgan fingerprint density at radius 2 is 1.60 bits per heavy atom. The number of amides is 1. The molecule has 0 atom stereocenters. The minimum Gasteiger partial charge on any atom is -0.311 e. The molecule has 2 aromatic rings. The molecular weight excluding hydrogens is 398 g/mol. The fraction of sp³-hybridized carbons (Fsp3) is 0.348. The highest BCUT2D eigenvalue weighted by Crippen LogP contribution is 2.26. The van der Waals surface area contributed by atoms with E-state index in [4.69, 9.17) is 0 Å². The van der Waals surface area contributed by atoms with Gasteiger partial charge in [0.15, 0.2) is 0 Å². The summed E-state index contributed by atoms with van der Waals surface area (Å²) in [6.07, 6.45) is 3.61. The number of carbonyl (C=O) groups is 1. The predicted molar refractivity (Wildman–Crippen MR) is 120 cm³/mol. The fourth-order valence-electron chi connectivity index (χ4n) is 4.03. The number of carbonyl (C=O) groups excluding carboxylic acids is 1. The number of hydrogen-bond donors (Lipinski definition) is 0. The highest BCUT2D eigenvalue weighted by Gasteiger charge is 2.28. The maximum Gasteiger partial charge on any atom is 0.241 e. The molecule has 0 saturated carbocycles. The Morgan fingerprint density at radius 1 is 0.900 bits per heavy atom. The zero-order valence-corrected chi connectivity index (χ0v) is 17.8. The number of sulfonamides is 1. The van der Waals surface area contributed by atoms with Crippen molar-refractivity contribution < 1.29 is 13.2 Å². The lowest BCUT2D eigenvalue weighted by molar-refractivity contribution is -0.120. The maximum atomic E-state index is 12.9. The van der Waals surface area contributed by atoms with Crippen LogP contribution < -0.4 is 4.90 Å². The van der Waals surface area contributed by atoms with Crippen molar-refractivity contribution in [3.8, 4) is 0 Å². The molecule has 0 bridgehead atoms. The summed E-state index contributed by atoms with van der Waals surface area (Å²) >= 11 is 0. The Kier molecular flexibility index (Phi) is 6.32. The van der Waals surface area contributed by atoms with Crippen LogP contribution in [0.15, 0.2) is 60.0 Å².